The quantitative estimate of drug-likeness (QED) is 0.0381. The number of hydrogen-bond donors (Lipinski definition) is 1. The molecular weight excluding hydrogens is 753 g/mol. The van der Waals surface area contributed by atoms with Crippen LogP contribution in [-0.2, 0) is 43.5 Å². The Labute approximate surface area is 343 Å². The average Bonchev–Trinajstić information content (AvgIpc) is 3.56. The molecule has 0 heterocycles. The number of carboxylic acids is 1. The van der Waals surface area contributed by atoms with Crippen LogP contribution in [0.1, 0.15) is 48.9 Å². The number of rotatable bonds is 19. The van der Waals surface area contributed by atoms with Crippen molar-refractivity contribution in [3.8, 4) is 22.6 Å². The average molecular weight is 801 g/mol. The van der Waals surface area contributed by atoms with Crippen molar-refractivity contribution in [2.45, 2.75) is 50.4 Å². The summed E-state index contributed by atoms with van der Waals surface area (Å²) in [4.78, 5) is 48.9. The van der Waals surface area contributed by atoms with E-state index < -0.39 is 53.3 Å². The van der Waals surface area contributed by atoms with E-state index in [1.54, 1.807) is 12.2 Å². The van der Waals surface area contributed by atoms with Crippen molar-refractivity contribution in [1.82, 2.24) is 0 Å². The molecule has 0 radical (unpaired) electrons. The van der Waals surface area contributed by atoms with Crippen molar-refractivity contribution in [3.63, 3.8) is 0 Å². The minimum Gasteiger partial charge on any atom is -0.490 e. The van der Waals surface area contributed by atoms with E-state index in [4.69, 9.17) is 28.4 Å². The first-order valence-corrected chi connectivity index (χ1v) is 19.5. The smallest absolute Gasteiger partial charge is 0.330 e. The van der Waals surface area contributed by atoms with E-state index in [2.05, 4.69) is 37.4 Å². The number of hydrogen-bond acceptors (Lipinski definition) is 10. The van der Waals surface area contributed by atoms with Gasteiger partial charge in [0.1, 0.15) is 31.3 Å². The summed E-state index contributed by atoms with van der Waals surface area (Å²) in [6.45, 7) is 10.5. The van der Waals surface area contributed by atoms with Gasteiger partial charge in [0.15, 0.2) is 12.2 Å². The summed E-state index contributed by atoms with van der Waals surface area (Å²) >= 11 is 0. The fourth-order valence-electron chi connectivity index (χ4n) is 7.59. The molecule has 0 aromatic heterocycles. The highest BCUT2D eigenvalue weighted by Crippen LogP contribution is 2.56. The van der Waals surface area contributed by atoms with Crippen molar-refractivity contribution in [1.29, 1.82) is 0 Å². The lowest BCUT2D eigenvalue weighted by Crippen LogP contribution is -2.36. The Morgan fingerprint density at radius 3 is 1.58 bits per heavy atom. The summed E-state index contributed by atoms with van der Waals surface area (Å²) in [6, 6.07) is 32.2. The maximum Gasteiger partial charge on any atom is 0.330 e. The maximum absolute atomic E-state index is 12.9. The Bertz CT molecular complexity index is 2120. The second-order valence-corrected chi connectivity index (χ2v) is 14.5. The van der Waals surface area contributed by atoms with Crippen molar-refractivity contribution >= 4 is 23.9 Å². The monoisotopic (exact) mass is 800 g/mol. The van der Waals surface area contributed by atoms with Crippen molar-refractivity contribution in [2.24, 2.45) is 11.8 Å². The Hall–Kier alpha value is -6.46. The lowest BCUT2D eigenvalue weighted by molar-refractivity contribution is -0.164. The van der Waals surface area contributed by atoms with Gasteiger partial charge in [-0.15, -0.1) is 0 Å². The van der Waals surface area contributed by atoms with Gasteiger partial charge < -0.3 is 33.5 Å². The molecular formula is C48H48O11. The molecule has 0 bridgehead atoms. The molecule has 0 aliphatic heterocycles. The van der Waals surface area contributed by atoms with E-state index in [0.717, 1.165) is 45.5 Å². The normalized spacial score (nSPS) is 17.1. The number of aliphatic carboxylic acids is 1. The zero-order chi connectivity index (χ0) is 41.9. The third kappa shape index (κ3) is 9.64. The van der Waals surface area contributed by atoms with Gasteiger partial charge in [-0.05, 0) is 84.3 Å². The van der Waals surface area contributed by atoms with Crippen LogP contribution in [0.3, 0.4) is 0 Å². The van der Waals surface area contributed by atoms with E-state index in [-0.39, 0.29) is 45.4 Å². The number of benzene rings is 4. The van der Waals surface area contributed by atoms with Gasteiger partial charge in [0, 0.05) is 12.2 Å². The second kappa shape index (κ2) is 19.3. The predicted molar refractivity (Wildman–Crippen MR) is 220 cm³/mol. The minimum absolute atomic E-state index is 0.0514. The van der Waals surface area contributed by atoms with Gasteiger partial charge in [-0.1, -0.05) is 98.1 Å². The number of carbonyl (C=O) groups is 4. The molecule has 2 aliphatic rings. The molecule has 11 nitrogen and oxygen atoms in total. The number of fused-ring (bicyclic) bond motifs is 3. The van der Waals surface area contributed by atoms with Gasteiger partial charge in [0.05, 0.1) is 30.0 Å². The summed E-state index contributed by atoms with van der Waals surface area (Å²) in [7, 11) is 0. The van der Waals surface area contributed by atoms with E-state index in [0.29, 0.717) is 11.5 Å². The van der Waals surface area contributed by atoms with E-state index in [9.17, 15) is 24.3 Å². The van der Waals surface area contributed by atoms with Gasteiger partial charge >= 0.3 is 23.9 Å². The molecule has 1 N–H and O–H groups in total. The van der Waals surface area contributed by atoms with Crippen LogP contribution in [0.2, 0.25) is 0 Å². The summed E-state index contributed by atoms with van der Waals surface area (Å²) in [5.74, 6) is -3.70. The molecule has 4 unspecified atom stereocenters. The molecule has 0 fully saturated rings. The van der Waals surface area contributed by atoms with Crippen molar-refractivity contribution in [2.75, 3.05) is 26.4 Å². The SMILES string of the molecule is C=CC(=O)OC(COC(=O)C1CC=CCC1C(=O)O)COc1ccc(C2(c3ccc(OCC(COC(C)C)OC(=O)C=C)cc3)c3ccccc3-c3ccccc32)cc1. The van der Waals surface area contributed by atoms with Crippen LogP contribution >= 0.6 is 0 Å². The molecule has 4 atom stereocenters. The van der Waals surface area contributed by atoms with Crippen molar-refractivity contribution in [3.05, 3.63) is 157 Å². The summed E-state index contributed by atoms with van der Waals surface area (Å²) < 4.78 is 34.3. The van der Waals surface area contributed by atoms with Crippen LogP contribution in [0.5, 0.6) is 11.5 Å². The standard InChI is InChI=1S/C48H48O11/c1-5-44(49)58-36(27-54-31(3)4)28-55-34-23-19-32(20-24-34)48(42-17-11-9-13-38(42)39-14-10-12-18-43(39)48)33-21-25-35(26-22-33)56-29-37(59-45(50)6-2)30-57-47(53)41-16-8-7-15-40(41)46(51)52/h5-14,17-26,31,36-37,40-41H,1-2,15-16,27-30H2,3-4H3,(H,51,52). The Morgan fingerprint density at radius 1 is 0.661 bits per heavy atom. The molecule has 2 aliphatic carbocycles. The van der Waals surface area contributed by atoms with E-state index in [1.807, 2.05) is 86.6 Å². The number of esters is 3. The van der Waals surface area contributed by atoms with Crippen LogP contribution in [0.4, 0.5) is 0 Å². The minimum atomic E-state index is -1.07. The number of carboxylic acid groups (broad SMARTS) is 1. The van der Waals surface area contributed by atoms with Gasteiger partial charge in [-0.3, -0.25) is 9.59 Å². The fraction of sp³-hybridized carbons (Fsp3) is 0.292. The summed E-state index contributed by atoms with van der Waals surface area (Å²) in [5.41, 5.74) is 5.66. The second-order valence-electron chi connectivity index (χ2n) is 14.5. The first-order valence-electron chi connectivity index (χ1n) is 19.5. The topological polar surface area (TPSA) is 144 Å². The molecule has 11 heteroatoms. The molecule has 0 amide bonds. The van der Waals surface area contributed by atoms with Crippen LogP contribution < -0.4 is 9.47 Å². The molecule has 4 aromatic rings. The molecule has 306 valence electrons. The highest BCUT2D eigenvalue weighted by atomic mass is 16.6. The highest BCUT2D eigenvalue weighted by molar-refractivity contribution is 5.86. The third-order valence-corrected chi connectivity index (χ3v) is 10.4. The van der Waals surface area contributed by atoms with E-state index >= 15 is 0 Å². The Kier molecular flexibility index (Phi) is 13.8. The van der Waals surface area contributed by atoms with Gasteiger partial charge in [-0.25, -0.2) is 9.59 Å². The van der Waals surface area contributed by atoms with E-state index in [1.165, 1.54) is 0 Å². The van der Waals surface area contributed by atoms with Crippen molar-refractivity contribution < 1.29 is 52.7 Å². The number of ether oxygens (including phenoxy) is 6. The highest BCUT2D eigenvalue weighted by Gasteiger charge is 2.46. The first-order chi connectivity index (χ1) is 28.5. The zero-order valence-electron chi connectivity index (χ0n) is 33.1. The summed E-state index contributed by atoms with van der Waals surface area (Å²) in [6.07, 6.45) is 4.42. The Balaban J connectivity index is 1.24. The molecule has 59 heavy (non-hydrogen) atoms. The molecule has 0 saturated carbocycles. The fourth-order valence-corrected chi connectivity index (χ4v) is 7.59. The third-order valence-electron chi connectivity index (χ3n) is 10.4. The maximum atomic E-state index is 12.9. The molecule has 0 saturated heterocycles. The van der Waals surface area contributed by atoms with Crippen LogP contribution in [0.15, 0.2) is 135 Å². The number of allylic oxidation sites excluding steroid dienone is 2. The largest absolute Gasteiger partial charge is 0.490 e. The Morgan fingerprint density at radius 2 is 1.12 bits per heavy atom. The zero-order valence-corrected chi connectivity index (χ0v) is 33.1. The summed E-state index contributed by atoms with van der Waals surface area (Å²) in [5, 5.41) is 9.60. The van der Waals surface area contributed by atoms with Crippen LogP contribution in [0, 0.1) is 11.8 Å². The van der Waals surface area contributed by atoms with Gasteiger partial charge in [0.25, 0.3) is 0 Å². The first kappa shape index (κ1) is 42.2. The molecule has 6 rings (SSSR count). The molecule has 0 spiro atoms. The van der Waals surface area contributed by atoms with Gasteiger partial charge in [0.2, 0.25) is 0 Å². The lowest BCUT2D eigenvalue weighted by atomic mass is 9.68. The predicted octanol–water partition coefficient (Wildman–Crippen LogP) is 7.64. The lowest BCUT2D eigenvalue weighted by Gasteiger charge is -2.34. The molecule has 4 aromatic carbocycles. The number of carbonyl (C=O) groups excluding carboxylic acids is 3. The van der Waals surface area contributed by atoms with Crippen LogP contribution in [-0.4, -0.2) is 73.7 Å². The van der Waals surface area contributed by atoms with Crippen LogP contribution in [0.25, 0.3) is 11.1 Å². The van der Waals surface area contributed by atoms with Gasteiger partial charge in [-0.2, -0.15) is 0 Å².